The third-order valence-corrected chi connectivity index (χ3v) is 4.12. The molecule has 1 saturated carbocycles. The van der Waals surface area contributed by atoms with E-state index in [0.717, 1.165) is 11.6 Å². The van der Waals surface area contributed by atoms with Crippen LogP contribution in [0, 0.1) is 10.1 Å². The molecule has 0 N–H and O–H groups in total. The highest BCUT2D eigenvalue weighted by molar-refractivity contribution is 5.03. The van der Waals surface area contributed by atoms with Gasteiger partial charge < -0.3 is 0 Å². The van der Waals surface area contributed by atoms with Crippen molar-refractivity contribution in [3.63, 3.8) is 0 Å². The van der Waals surface area contributed by atoms with Gasteiger partial charge in [-0.2, -0.15) is 5.10 Å². The van der Waals surface area contributed by atoms with Gasteiger partial charge in [0.25, 0.3) is 0 Å². The van der Waals surface area contributed by atoms with E-state index in [0.29, 0.717) is 25.3 Å². The number of aromatic nitrogens is 3. The SMILES string of the molecule is O=[N+]([O-])C1CCc2nc(C3CCCCC3)nn2C1. The first-order valence-electron chi connectivity index (χ1n) is 6.81. The highest BCUT2D eigenvalue weighted by atomic mass is 16.6. The summed E-state index contributed by atoms with van der Waals surface area (Å²) in [5.41, 5.74) is 0. The Balaban J connectivity index is 1.78. The Morgan fingerprint density at radius 3 is 2.72 bits per heavy atom. The van der Waals surface area contributed by atoms with E-state index in [4.69, 9.17) is 0 Å². The lowest BCUT2D eigenvalue weighted by Gasteiger charge is -2.18. The first kappa shape index (κ1) is 11.6. The maximum absolute atomic E-state index is 10.8. The van der Waals surface area contributed by atoms with Gasteiger partial charge in [0.2, 0.25) is 6.04 Å². The number of nitrogens with zero attached hydrogens (tertiary/aromatic N) is 4. The van der Waals surface area contributed by atoms with Crippen LogP contribution in [-0.4, -0.2) is 25.7 Å². The van der Waals surface area contributed by atoms with Crippen LogP contribution in [0.3, 0.4) is 0 Å². The predicted octanol–water partition coefficient (Wildman–Crippen LogP) is 1.92. The smallest absolute Gasteiger partial charge is 0.232 e. The maximum atomic E-state index is 10.8. The van der Waals surface area contributed by atoms with E-state index in [2.05, 4.69) is 10.1 Å². The predicted molar refractivity (Wildman–Crippen MR) is 65.0 cm³/mol. The number of hydrogen-bond donors (Lipinski definition) is 0. The van der Waals surface area contributed by atoms with Crippen LogP contribution in [0.4, 0.5) is 0 Å². The highest BCUT2D eigenvalue weighted by Gasteiger charge is 2.30. The van der Waals surface area contributed by atoms with Gasteiger partial charge in [-0.1, -0.05) is 19.3 Å². The third kappa shape index (κ3) is 2.11. The average Bonchev–Trinajstić information content (AvgIpc) is 2.82. The largest absolute Gasteiger partial charge is 0.264 e. The van der Waals surface area contributed by atoms with Crippen molar-refractivity contribution < 1.29 is 4.92 Å². The second-order valence-electron chi connectivity index (χ2n) is 5.38. The molecular weight excluding hydrogens is 232 g/mol. The molecule has 2 aliphatic rings. The minimum absolute atomic E-state index is 0.190. The Kier molecular flexibility index (Phi) is 3.01. The number of hydrogen-bond acceptors (Lipinski definition) is 4. The number of aryl methyl sites for hydroxylation is 1. The van der Waals surface area contributed by atoms with Gasteiger partial charge in [-0.3, -0.25) is 10.1 Å². The molecule has 1 atom stereocenters. The summed E-state index contributed by atoms with van der Waals surface area (Å²) in [6.45, 7) is 0.391. The Labute approximate surface area is 106 Å². The molecule has 1 aliphatic heterocycles. The van der Waals surface area contributed by atoms with Crippen LogP contribution >= 0.6 is 0 Å². The van der Waals surface area contributed by atoms with E-state index in [1.54, 1.807) is 4.68 Å². The zero-order valence-electron chi connectivity index (χ0n) is 10.4. The second kappa shape index (κ2) is 4.66. The minimum atomic E-state index is -0.488. The molecule has 1 aliphatic carbocycles. The quantitative estimate of drug-likeness (QED) is 0.593. The molecule has 0 saturated heterocycles. The van der Waals surface area contributed by atoms with Crippen LogP contribution in [-0.2, 0) is 13.0 Å². The van der Waals surface area contributed by atoms with Crippen molar-refractivity contribution in [2.75, 3.05) is 0 Å². The summed E-state index contributed by atoms with van der Waals surface area (Å²) in [5, 5.41) is 15.3. The third-order valence-electron chi connectivity index (χ3n) is 4.12. The lowest BCUT2D eigenvalue weighted by Crippen LogP contribution is -2.31. The normalized spacial score (nSPS) is 24.8. The molecule has 98 valence electrons. The Bertz CT molecular complexity index is 451. The molecule has 0 bridgehead atoms. The first-order valence-corrected chi connectivity index (χ1v) is 6.81. The van der Waals surface area contributed by atoms with E-state index in [9.17, 15) is 10.1 Å². The van der Waals surface area contributed by atoms with Gasteiger partial charge in [0, 0.05) is 23.7 Å². The summed E-state index contributed by atoms with van der Waals surface area (Å²) >= 11 is 0. The fourth-order valence-corrected chi connectivity index (χ4v) is 3.02. The van der Waals surface area contributed by atoms with Crippen LogP contribution in [0.5, 0.6) is 0 Å². The lowest BCUT2D eigenvalue weighted by atomic mass is 9.89. The molecule has 2 heterocycles. The summed E-state index contributed by atoms with van der Waals surface area (Å²) in [5.74, 6) is 2.34. The molecule has 1 aromatic heterocycles. The van der Waals surface area contributed by atoms with Gasteiger partial charge in [0.05, 0.1) is 0 Å². The molecule has 1 aromatic rings. The van der Waals surface area contributed by atoms with E-state index in [1.807, 2.05) is 0 Å². The maximum Gasteiger partial charge on any atom is 0.232 e. The zero-order chi connectivity index (χ0) is 12.5. The molecule has 0 spiro atoms. The molecule has 6 nitrogen and oxygen atoms in total. The first-order chi connectivity index (χ1) is 8.74. The zero-order valence-corrected chi connectivity index (χ0v) is 10.4. The Morgan fingerprint density at radius 1 is 1.22 bits per heavy atom. The summed E-state index contributed by atoms with van der Waals surface area (Å²) in [4.78, 5) is 15.2. The van der Waals surface area contributed by atoms with Crippen molar-refractivity contribution in [3.05, 3.63) is 21.8 Å². The van der Waals surface area contributed by atoms with Crippen molar-refractivity contribution in [3.8, 4) is 0 Å². The monoisotopic (exact) mass is 250 g/mol. The Morgan fingerprint density at radius 2 is 2.00 bits per heavy atom. The number of rotatable bonds is 2. The molecular formula is C12H18N4O2. The summed E-state index contributed by atoms with van der Waals surface area (Å²) < 4.78 is 1.76. The summed E-state index contributed by atoms with van der Waals surface area (Å²) in [7, 11) is 0. The number of fused-ring (bicyclic) bond motifs is 1. The minimum Gasteiger partial charge on any atom is -0.264 e. The van der Waals surface area contributed by atoms with Gasteiger partial charge in [-0.05, 0) is 12.8 Å². The van der Waals surface area contributed by atoms with Crippen molar-refractivity contribution in [2.24, 2.45) is 0 Å². The molecule has 0 amide bonds. The van der Waals surface area contributed by atoms with E-state index >= 15 is 0 Å². The molecule has 3 rings (SSSR count). The standard InChI is InChI=1S/C12H18N4O2/c17-16(18)10-6-7-11-13-12(14-15(11)8-10)9-4-2-1-3-5-9/h9-10H,1-8H2. The van der Waals surface area contributed by atoms with Gasteiger partial charge in [-0.25, -0.2) is 9.67 Å². The van der Waals surface area contributed by atoms with Crippen molar-refractivity contribution in [1.29, 1.82) is 0 Å². The van der Waals surface area contributed by atoms with Crippen molar-refractivity contribution in [1.82, 2.24) is 14.8 Å². The molecule has 1 fully saturated rings. The van der Waals surface area contributed by atoms with E-state index in [-0.39, 0.29) is 4.92 Å². The van der Waals surface area contributed by atoms with E-state index in [1.165, 1.54) is 32.1 Å². The van der Waals surface area contributed by atoms with E-state index < -0.39 is 6.04 Å². The molecule has 18 heavy (non-hydrogen) atoms. The molecule has 6 heteroatoms. The van der Waals surface area contributed by atoms with Crippen LogP contribution in [0.25, 0.3) is 0 Å². The summed E-state index contributed by atoms with van der Waals surface area (Å²) in [6.07, 6.45) is 7.44. The van der Waals surface area contributed by atoms with Gasteiger partial charge in [0.1, 0.15) is 12.4 Å². The van der Waals surface area contributed by atoms with Crippen molar-refractivity contribution in [2.45, 2.75) is 63.5 Å². The lowest BCUT2D eigenvalue weighted by molar-refractivity contribution is -0.527. The molecule has 0 radical (unpaired) electrons. The van der Waals surface area contributed by atoms with Crippen LogP contribution < -0.4 is 0 Å². The summed E-state index contributed by atoms with van der Waals surface area (Å²) in [6, 6.07) is -0.488. The van der Waals surface area contributed by atoms with Gasteiger partial charge in [-0.15, -0.1) is 0 Å². The highest BCUT2D eigenvalue weighted by Crippen LogP contribution is 2.31. The van der Waals surface area contributed by atoms with Gasteiger partial charge >= 0.3 is 0 Å². The van der Waals surface area contributed by atoms with Gasteiger partial charge in [0.15, 0.2) is 5.82 Å². The second-order valence-corrected chi connectivity index (χ2v) is 5.38. The Hall–Kier alpha value is -1.46. The van der Waals surface area contributed by atoms with Crippen molar-refractivity contribution >= 4 is 0 Å². The molecule has 0 aromatic carbocycles. The van der Waals surface area contributed by atoms with Crippen LogP contribution in [0.1, 0.15) is 56.1 Å². The fraction of sp³-hybridized carbons (Fsp3) is 0.833. The number of nitro groups is 1. The fourth-order valence-electron chi connectivity index (χ4n) is 3.02. The topological polar surface area (TPSA) is 73.8 Å². The average molecular weight is 250 g/mol. The molecule has 1 unspecified atom stereocenters. The van der Waals surface area contributed by atoms with Crippen LogP contribution in [0.2, 0.25) is 0 Å². The van der Waals surface area contributed by atoms with Crippen LogP contribution in [0.15, 0.2) is 0 Å².